The van der Waals surface area contributed by atoms with Crippen LogP contribution >= 0.6 is 11.8 Å². The first kappa shape index (κ1) is 18.4. The van der Waals surface area contributed by atoms with E-state index in [4.69, 9.17) is 4.74 Å². The summed E-state index contributed by atoms with van der Waals surface area (Å²) in [4.78, 5) is 17.3. The summed E-state index contributed by atoms with van der Waals surface area (Å²) in [5.74, 6) is 0.724. The predicted molar refractivity (Wildman–Crippen MR) is 108 cm³/mol. The fourth-order valence-electron chi connectivity index (χ4n) is 3.56. The molecule has 0 radical (unpaired) electrons. The molecule has 1 aliphatic heterocycles. The van der Waals surface area contributed by atoms with E-state index >= 15 is 0 Å². The smallest absolute Gasteiger partial charge is 0.166 e. The lowest BCUT2D eigenvalue weighted by Crippen LogP contribution is -2.30. The van der Waals surface area contributed by atoms with Gasteiger partial charge in [-0.25, -0.2) is 15.0 Å². The van der Waals surface area contributed by atoms with Crippen molar-refractivity contribution >= 4 is 33.7 Å². The second-order valence-electron chi connectivity index (χ2n) is 7.06. The van der Waals surface area contributed by atoms with Crippen molar-refractivity contribution in [2.45, 2.75) is 42.2 Å². The molecule has 148 valence electrons. The molecule has 3 aromatic heterocycles. The predicted octanol–water partition coefficient (Wildman–Crippen LogP) is 2.31. The first-order valence-electron chi connectivity index (χ1n) is 9.26. The topological polar surface area (TPSA) is 106 Å². The molecule has 0 saturated carbocycles. The van der Waals surface area contributed by atoms with Gasteiger partial charge in [-0.05, 0) is 30.0 Å². The molecular formula is C20H19N5O3S. The van der Waals surface area contributed by atoms with Crippen molar-refractivity contribution in [3.8, 4) is 0 Å². The number of aliphatic hydroxyl groups is 2. The molecule has 9 heteroatoms. The number of ether oxygens (including phenoxy) is 1. The first-order chi connectivity index (χ1) is 14.1. The third-order valence-electron chi connectivity index (χ3n) is 5.16. The lowest BCUT2D eigenvalue weighted by molar-refractivity contribution is -0.0299. The summed E-state index contributed by atoms with van der Waals surface area (Å²) < 4.78 is 7.35. The van der Waals surface area contributed by atoms with Gasteiger partial charge in [0.25, 0.3) is 0 Å². The number of benzene rings is 1. The van der Waals surface area contributed by atoms with Gasteiger partial charge in [-0.2, -0.15) is 0 Å². The molecule has 2 N–H and O–H groups in total. The van der Waals surface area contributed by atoms with Crippen LogP contribution in [-0.2, 0) is 10.5 Å². The molecule has 0 spiro atoms. The minimum absolute atomic E-state index is 0.467. The highest BCUT2D eigenvalue weighted by Crippen LogP contribution is 2.33. The van der Waals surface area contributed by atoms with E-state index in [1.165, 1.54) is 6.33 Å². The van der Waals surface area contributed by atoms with Gasteiger partial charge in [0.15, 0.2) is 11.9 Å². The number of hydrogen-bond acceptors (Lipinski definition) is 8. The summed E-state index contributed by atoms with van der Waals surface area (Å²) >= 11 is 1.57. The highest BCUT2D eigenvalue weighted by Gasteiger charge is 2.42. The zero-order chi connectivity index (χ0) is 20.0. The summed E-state index contributed by atoms with van der Waals surface area (Å²) in [6.07, 6.45) is 3.51. The SMILES string of the molecule is C[C@H]1O[C@@H](n2cnc3c(SCc4ccc5ccncc5c4)ncnc32)[C@H](O)C1O. The number of hydrogen-bond donors (Lipinski definition) is 2. The van der Waals surface area contributed by atoms with Gasteiger partial charge in [0.1, 0.15) is 29.1 Å². The molecule has 1 aliphatic rings. The van der Waals surface area contributed by atoms with Gasteiger partial charge >= 0.3 is 0 Å². The van der Waals surface area contributed by atoms with Crippen molar-refractivity contribution in [3.05, 3.63) is 54.9 Å². The van der Waals surface area contributed by atoms with Crippen molar-refractivity contribution in [2.24, 2.45) is 0 Å². The number of imidazole rings is 1. The molecule has 1 fully saturated rings. The third kappa shape index (κ3) is 3.25. The second kappa shape index (κ2) is 7.34. The Kier molecular flexibility index (Phi) is 4.67. The van der Waals surface area contributed by atoms with Crippen molar-refractivity contribution in [1.82, 2.24) is 24.5 Å². The van der Waals surface area contributed by atoms with E-state index < -0.39 is 24.5 Å². The lowest BCUT2D eigenvalue weighted by Gasteiger charge is -2.16. The molecule has 0 bridgehead atoms. The molecule has 8 nitrogen and oxygen atoms in total. The number of aromatic nitrogens is 5. The Morgan fingerprint density at radius 3 is 2.83 bits per heavy atom. The molecule has 4 aromatic rings. The molecule has 0 amide bonds. The minimum atomic E-state index is -1.04. The number of pyridine rings is 1. The first-order valence-corrected chi connectivity index (χ1v) is 10.2. The average Bonchev–Trinajstić information content (AvgIpc) is 3.29. The van der Waals surface area contributed by atoms with Crippen LogP contribution in [0.5, 0.6) is 0 Å². The van der Waals surface area contributed by atoms with Crippen LogP contribution in [0.1, 0.15) is 18.7 Å². The Morgan fingerprint density at radius 1 is 1.10 bits per heavy atom. The summed E-state index contributed by atoms with van der Waals surface area (Å²) in [6, 6.07) is 8.29. The highest BCUT2D eigenvalue weighted by molar-refractivity contribution is 7.98. The Hall–Kier alpha value is -2.59. The van der Waals surface area contributed by atoms with Crippen LogP contribution in [0.3, 0.4) is 0 Å². The summed E-state index contributed by atoms with van der Waals surface area (Å²) in [6.45, 7) is 1.72. The Morgan fingerprint density at radius 2 is 2.00 bits per heavy atom. The van der Waals surface area contributed by atoms with E-state index in [1.54, 1.807) is 35.8 Å². The molecule has 1 aromatic carbocycles. The van der Waals surface area contributed by atoms with E-state index in [9.17, 15) is 10.2 Å². The van der Waals surface area contributed by atoms with E-state index in [0.717, 1.165) is 27.1 Å². The van der Waals surface area contributed by atoms with Gasteiger partial charge in [-0.3, -0.25) is 9.55 Å². The van der Waals surface area contributed by atoms with Gasteiger partial charge in [0.2, 0.25) is 0 Å². The third-order valence-corrected chi connectivity index (χ3v) is 6.21. The van der Waals surface area contributed by atoms with Crippen molar-refractivity contribution in [2.75, 3.05) is 0 Å². The maximum absolute atomic E-state index is 10.3. The molecule has 5 rings (SSSR count). The zero-order valence-electron chi connectivity index (χ0n) is 15.6. The Balaban J connectivity index is 1.41. The molecule has 0 aliphatic carbocycles. The average molecular weight is 409 g/mol. The van der Waals surface area contributed by atoms with Gasteiger partial charge < -0.3 is 14.9 Å². The van der Waals surface area contributed by atoms with Crippen LogP contribution in [-0.4, -0.2) is 53.0 Å². The number of rotatable bonds is 4. The summed E-state index contributed by atoms with van der Waals surface area (Å²) in [5.41, 5.74) is 2.37. The normalized spacial score (nSPS) is 24.5. The molecule has 29 heavy (non-hydrogen) atoms. The van der Waals surface area contributed by atoms with E-state index in [-0.39, 0.29) is 0 Å². The minimum Gasteiger partial charge on any atom is -0.388 e. The van der Waals surface area contributed by atoms with Gasteiger partial charge in [0.05, 0.1) is 12.4 Å². The van der Waals surface area contributed by atoms with Crippen LogP contribution < -0.4 is 0 Å². The Bertz CT molecular complexity index is 1180. The van der Waals surface area contributed by atoms with Crippen LogP contribution in [0.4, 0.5) is 0 Å². The lowest BCUT2D eigenvalue weighted by atomic mass is 10.1. The maximum atomic E-state index is 10.3. The molecular weight excluding hydrogens is 390 g/mol. The van der Waals surface area contributed by atoms with Gasteiger partial charge in [0, 0.05) is 23.5 Å². The quantitative estimate of drug-likeness (QED) is 0.391. The summed E-state index contributed by atoms with van der Waals surface area (Å²) in [7, 11) is 0. The maximum Gasteiger partial charge on any atom is 0.166 e. The zero-order valence-corrected chi connectivity index (χ0v) is 16.4. The van der Waals surface area contributed by atoms with Gasteiger partial charge in [-0.15, -0.1) is 0 Å². The fraction of sp³-hybridized carbons (Fsp3) is 0.300. The van der Waals surface area contributed by atoms with E-state index in [2.05, 4.69) is 38.1 Å². The van der Waals surface area contributed by atoms with Gasteiger partial charge in [-0.1, -0.05) is 23.9 Å². The summed E-state index contributed by atoms with van der Waals surface area (Å²) in [5, 5.41) is 23.3. The number of fused-ring (bicyclic) bond motifs is 2. The van der Waals surface area contributed by atoms with Crippen molar-refractivity contribution in [3.63, 3.8) is 0 Å². The van der Waals surface area contributed by atoms with Crippen molar-refractivity contribution < 1.29 is 14.9 Å². The molecule has 1 saturated heterocycles. The molecule has 4 heterocycles. The second-order valence-corrected chi connectivity index (χ2v) is 8.03. The highest BCUT2D eigenvalue weighted by atomic mass is 32.2. The van der Waals surface area contributed by atoms with E-state index in [1.807, 2.05) is 12.3 Å². The molecule has 4 atom stereocenters. The van der Waals surface area contributed by atoms with E-state index in [0.29, 0.717) is 11.2 Å². The van der Waals surface area contributed by atoms with Crippen LogP contribution in [0.15, 0.2) is 54.3 Å². The Labute approximate surface area is 170 Å². The number of nitrogens with zero attached hydrogens (tertiary/aromatic N) is 5. The standard InChI is InChI=1S/C20H19N5O3S/c1-11-16(26)17(27)20(28-11)25-10-24-15-18(25)22-9-23-19(15)29-8-12-2-3-13-4-5-21-7-14(13)6-12/h2-7,9-11,16-17,20,26-27H,8H2,1H3/t11-,16?,17-,20-/m1/s1. The largest absolute Gasteiger partial charge is 0.388 e. The van der Waals surface area contributed by atoms with Crippen LogP contribution in [0, 0.1) is 0 Å². The van der Waals surface area contributed by atoms with Crippen LogP contribution in [0.2, 0.25) is 0 Å². The monoisotopic (exact) mass is 409 g/mol. The number of thioether (sulfide) groups is 1. The van der Waals surface area contributed by atoms with Crippen molar-refractivity contribution in [1.29, 1.82) is 0 Å². The fourth-order valence-corrected chi connectivity index (χ4v) is 4.44. The molecule has 1 unspecified atom stereocenters. The number of aliphatic hydroxyl groups excluding tert-OH is 2. The van der Waals surface area contributed by atoms with Crippen LogP contribution in [0.25, 0.3) is 21.9 Å².